The van der Waals surface area contributed by atoms with Crippen LogP contribution in [0.25, 0.3) is 0 Å². The lowest BCUT2D eigenvalue weighted by Crippen LogP contribution is -2.39. The number of amides is 1. The molecule has 0 aliphatic carbocycles. The summed E-state index contributed by atoms with van der Waals surface area (Å²) in [5.74, 6) is 0. The predicted molar refractivity (Wildman–Crippen MR) is 80.8 cm³/mol. The highest BCUT2D eigenvalue weighted by Gasteiger charge is 2.23. The molecule has 0 bridgehead atoms. The molecular weight excluding hydrogens is 272 g/mol. The summed E-state index contributed by atoms with van der Waals surface area (Å²) < 4.78 is 5.05. The Kier molecular flexibility index (Phi) is 5.57. The second-order valence-corrected chi connectivity index (χ2v) is 5.97. The van der Waals surface area contributed by atoms with Gasteiger partial charge >= 0.3 is 6.09 Å². The Hall–Kier alpha value is -1.79. The van der Waals surface area contributed by atoms with Gasteiger partial charge in [0.25, 0.3) is 0 Å². The Morgan fingerprint density at radius 2 is 2.00 bits per heavy atom. The van der Waals surface area contributed by atoms with E-state index in [4.69, 9.17) is 10.5 Å². The van der Waals surface area contributed by atoms with E-state index in [1.807, 2.05) is 13.0 Å². The fourth-order valence-corrected chi connectivity index (χ4v) is 1.78. The van der Waals surface area contributed by atoms with Crippen molar-refractivity contribution in [2.75, 3.05) is 12.3 Å². The van der Waals surface area contributed by atoms with Crippen LogP contribution in [0, 0.1) is 6.92 Å². The zero-order valence-electron chi connectivity index (χ0n) is 12.9. The van der Waals surface area contributed by atoms with Crippen molar-refractivity contribution in [3.05, 3.63) is 29.3 Å². The Morgan fingerprint density at radius 3 is 2.57 bits per heavy atom. The number of carbonyl (C=O) groups is 1. The molecule has 21 heavy (non-hydrogen) atoms. The number of aliphatic hydroxyl groups is 2. The third kappa shape index (κ3) is 5.24. The molecule has 2 atom stereocenters. The summed E-state index contributed by atoms with van der Waals surface area (Å²) in [7, 11) is 0. The maximum absolute atomic E-state index is 11.5. The molecule has 1 amide bonds. The van der Waals surface area contributed by atoms with Crippen molar-refractivity contribution >= 4 is 11.8 Å². The molecule has 1 aromatic carbocycles. The molecule has 6 heteroatoms. The molecule has 0 heterocycles. The van der Waals surface area contributed by atoms with Crippen molar-refractivity contribution in [1.82, 2.24) is 5.32 Å². The number of anilines is 1. The van der Waals surface area contributed by atoms with Gasteiger partial charge in [-0.2, -0.15) is 0 Å². The van der Waals surface area contributed by atoms with E-state index < -0.39 is 23.9 Å². The summed E-state index contributed by atoms with van der Waals surface area (Å²) in [4.78, 5) is 11.5. The molecule has 5 N–H and O–H groups in total. The van der Waals surface area contributed by atoms with E-state index in [1.165, 1.54) is 0 Å². The zero-order valence-corrected chi connectivity index (χ0v) is 12.9. The standard InChI is InChI=1S/C15H24N2O4/c1-9-6-5-7-10(12(9)16)13(19)11(18)8-17-14(20)21-15(2,3)4/h5-7,11,13,18-19H,8,16H2,1-4H3,(H,17,20). The molecule has 1 rings (SSSR count). The Balaban J connectivity index is 2.61. The van der Waals surface area contributed by atoms with Crippen LogP contribution in [0.2, 0.25) is 0 Å². The highest BCUT2D eigenvalue weighted by Crippen LogP contribution is 2.25. The van der Waals surface area contributed by atoms with Gasteiger partial charge in [0.2, 0.25) is 0 Å². The first kappa shape index (κ1) is 17.3. The van der Waals surface area contributed by atoms with Gasteiger partial charge in [-0.1, -0.05) is 18.2 Å². The quantitative estimate of drug-likeness (QED) is 0.630. The fraction of sp³-hybridized carbons (Fsp3) is 0.533. The first-order chi connectivity index (χ1) is 9.61. The van der Waals surface area contributed by atoms with Gasteiger partial charge in [-0.15, -0.1) is 0 Å². The zero-order chi connectivity index (χ0) is 16.2. The first-order valence-electron chi connectivity index (χ1n) is 6.80. The number of nitrogens with two attached hydrogens (primary N) is 1. The number of nitrogens with one attached hydrogen (secondary N) is 1. The number of para-hydroxylation sites is 1. The molecule has 0 saturated heterocycles. The van der Waals surface area contributed by atoms with Crippen molar-refractivity contribution in [2.45, 2.75) is 45.5 Å². The number of rotatable bonds is 4. The van der Waals surface area contributed by atoms with Crippen LogP contribution in [-0.2, 0) is 4.74 Å². The van der Waals surface area contributed by atoms with Gasteiger partial charge < -0.3 is 26.0 Å². The number of hydrogen-bond donors (Lipinski definition) is 4. The molecule has 2 unspecified atom stereocenters. The van der Waals surface area contributed by atoms with Gasteiger partial charge in [0, 0.05) is 17.8 Å². The summed E-state index contributed by atoms with van der Waals surface area (Å²) in [5.41, 5.74) is 6.95. The molecular formula is C15H24N2O4. The minimum absolute atomic E-state index is 0.135. The SMILES string of the molecule is Cc1cccc(C(O)C(O)CNC(=O)OC(C)(C)C)c1N. The van der Waals surface area contributed by atoms with Crippen molar-refractivity contribution in [2.24, 2.45) is 0 Å². The minimum Gasteiger partial charge on any atom is -0.444 e. The van der Waals surface area contributed by atoms with Gasteiger partial charge in [0.1, 0.15) is 17.8 Å². The minimum atomic E-state index is -1.18. The maximum atomic E-state index is 11.5. The molecule has 0 aliphatic rings. The van der Waals surface area contributed by atoms with E-state index in [9.17, 15) is 15.0 Å². The van der Waals surface area contributed by atoms with E-state index >= 15 is 0 Å². The van der Waals surface area contributed by atoms with Crippen LogP contribution in [0.3, 0.4) is 0 Å². The number of carbonyl (C=O) groups excluding carboxylic acids is 1. The summed E-state index contributed by atoms with van der Waals surface area (Å²) in [6.45, 7) is 6.91. The fourth-order valence-electron chi connectivity index (χ4n) is 1.78. The third-order valence-electron chi connectivity index (χ3n) is 2.90. The van der Waals surface area contributed by atoms with E-state index in [2.05, 4.69) is 5.32 Å². The lowest BCUT2D eigenvalue weighted by Gasteiger charge is -2.23. The summed E-state index contributed by atoms with van der Waals surface area (Å²) in [6, 6.07) is 5.21. The number of benzene rings is 1. The lowest BCUT2D eigenvalue weighted by atomic mass is 10.00. The largest absolute Gasteiger partial charge is 0.444 e. The highest BCUT2D eigenvalue weighted by atomic mass is 16.6. The Labute approximate surface area is 124 Å². The van der Waals surface area contributed by atoms with Gasteiger partial charge in [-0.25, -0.2) is 4.79 Å². The number of aryl methyl sites for hydroxylation is 1. The van der Waals surface area contributed by atoms with Crippen LogP contribution in [-0.4, -0.2) is 34.6 Å². The Morgan fingerprint density at radius 1 is 1.38 bits per heavy atom. The number of ether oxygens (including phenoxy) is 1. The first-order valence-corrected chi connectivity index (χ1v) is 6.80. The molecule has 0 radical (unpaired) electrons. The molecule has 6 nitrogen and oxygen atoms in total. The number of aliphatic hydroxyl groups excluding tert-OH is 2. The Bertz CT molecular complexity index is 497. The second kappa shape index (κ2) is 6.78. The van der Waals surface area contributed by atoms with Gasteiger partial charge in [0.05, 0.1) is 0 Å². The topological polar surface area (TPSA) is 105 Å². The molecule has 118 valence electrons. The average Bonchev–Trinajstić information content (AvgIpc) is 2.36. The van der Waals surface area contributed by atoms with Crippen LogP contribution in [0.4, 0.5) is 10.5 Å². The van der Waals surface area contributed by atoms with Crippen LogP contribution >= 0.6 is 0 Å². The third-order valence-corrected chi connectivity index (χ3v) is 2.90. The smallest absolute Gasteiger partial charge is 0.407 e. The normalized spacial score (nSPS) is 14.4. The molecule has 0 aromatic heterocycles. The number of hydrogen-bond acceptors (Lipinski definition) is 5. The van der Waals surface area contributed by atoms with Crippen LogP contribution in [0.5, 0.6) is 0 Å². The van der Waals surface area contributed by atoms with E-state index in [-0.39, 0.29) is 6.54 Å². The van der Waals surface area contributed by atoms with E-state index in [0.717, 1.165) is 5.56 Å². The monoisotopic (exact) mass is 296 g/mol. The molecule has 0 spiro atoms. The van der Waals surface area contributed by atoms with Gasteiger partial charge in [0.15, 0.2) is 0 Å². The van der Waals surface area contributed by atoms with Crippen LogP contribution in [0.1, 0.15) is 38.0 Å². The lowest BCUT2D eigenvalue weighted by molar-refractivity contribution is 0.0133. The van der Waals surface area contributed by atoms with Crippen molar-refractivity contribution in [3.63, 3.8) is 0 Å². The van der Waals surface area contributed by atoms with Gasteiger partial charge in [-0.3, -0.25) is 0 Å². The number of nitrogen functional groups attached to an aromatic ring is 1. The van der Waals surface area contributed by atoms with Crippen molar-refractivity contribution in [3.8, 4) is 0 Å². The maximum Gasteiger partial charge on any atom is 0.407 e. The second-order valence-electron chi connectivity index (χ2n) is 5.97. The number of alkyl carbamates (subject to hydrolysis) is 1. The summed E-state index contributed by atoms with van der Waals surface area (Å²) in [5, 5.41) is 22.5. The highest BCUT2D eigenvalue weighted by molar-refractivity contribution is 5.67. The van der Waals surface area contributed by atoms with Crippen molar-refractivity contribution < 1.29 is 19.7 Å². The van der Waals surface area contributed by atoms with Crippen LogP contribution < -0.4 is 11.1 Å². The van der Waals surface area contributed by atoms with Gasteiger partial charge in [-0.05, 0) is 33.3 Å². The van der Waals surface area contributed by atoms with E-state index in [1.54, 1.807) is 32.9 Å². The van der Waals surface area contributed by atoms with E-state index in [0.29, 0.717) is 11.3 Å². The molecule has 1 aromatic rings. The summed E-state index contributed by atoms with van der Waals surface area (Å²) >= 11 is 0. The molecule has 0 saturated carbocycles. The molecule has 0 aliphatic heterocycles. The summed E-state index contributed by atoms with van der Waals surface area (Å²) in [6.07, 6.45) is -3.01. The molecule has 0 fully saturated rings. The predicted octanol–water partition coefficient (Wildman–Crippen LogP) is 1.50. The van der Waals surface area contributed by atoms with Crippen LogP contribution in [0.15, 0.2) is 18.2 Å². The van der Waals surface area contributed by atoms with Crippen molar-refractivity contribution in [1.29, 1.82) is 0 Å². The average molecular weight is 296 g/mol.